The summed E-state index contributed by atoms with van der Waals surface area (Å²) in [6.45, 7) is 12.3. The van der Waals surface area contributed by atoms with Crippen LogP contribution < -0.4 is 10.4 Å². The van der Waals surface area contributed by atoms with E-state index >= 15 is 0 Å². The molecule has 5 aliphatic carbocycles. The van der Waals surface area contributed by atoms with E-state index in [1.807, 2.05) is 12.1 Å². The zero-order valence-corrected chi connectivity index (χ0v) is 29.7. The molecule has 0 spiro atoms. The first-order valence-corrected chi connectivity index (χ1v) is 19.1. The van der Waals surface area contributed by atoms with Crippen LogP contribution in [0.4, 0.5) is 0 Å². The van der Waals surface area contributed by atoms with E-state index in [4.69, 9.17) is 13.9 Å². The van der Waals surface area contributed by atoms with Crippen LogP contribution in [0.5, 0.6) is 5.75 Å². The number of allylic oxidation sites excluding steroid dienone is 1. The number of esters is 1. The van der Waals surface area contributed by atoms with Crippen molar-refractivity contribution in [3.63, 3.8) is 0 Å². The van der Waals surface area contributed by atoms with Crippen LogP contribution in [0.3, 0.4) is 0 Å². The summed E-state index contributed by atoms with van der Waals surface area (Å²) in [5.74, 6) is 5.20. The number of carbonyl (C=O) groups is 1. The van der Waals surface area contributed by atoms with Crippen molar-refractivity contribution in [1.29, 1.82) is 0 Å². The van der Waals surface area contributed by atoms with Gasteiger partial charge in [0.25, 0.3) is 0 Å². The van der Waals surface area contributed by atoms with Crippen LogP contribution in [0.15, 0.2) is 39.1 Å². The van der Waals surface area contributed by atoms with E-state index in [1.165, 1.54) is 63.4 Å². The highest BCUT2D eigenvalue weighted by Crippen LogP contribution is 2.65. The Kier molecular flexibility index (Phi) is 9.15. The third-order valence-electron chi connectivity index (χ3n) is 14.0. The lowest BCUT2D eigenvalue weighted by Crippen LogP contribution is -2.52. The maximum atomic E-state index is 12.9. The zero-order chi connectivity index (χ0) is 32.9. The number of benzene rings is 1. The molecule has 5 heteroatoms. The van der Waals surface area contributed by atoms with Crippen molar-refractivity contribution < 1.29 is 18.7 Å². The van der Waals surface area contributed by atoms with E-state index in [1.54, 1.807) is 6.07 Å². The van der Waals surface area contributed by atoms with Crippen LogP contribution in [0.1, 0.15) is 129 Å². The first kappa shape index (κ1) is 33.0. The Morgan fingerprint density at radius 1 is 1.00 bits per heavy atom. The van der Waals surface area contributed by atoms with Gasteiger partial charge in [-0.1, -0.05) is 65.5 Å². The predicted molar refractivity (Wildman–Crippen MR) is 188 cm³/mol. The molecular weight excluding hydrogens is 584 g/mol. The summed E-state index contributed by atoms with van der Waals surface area (Å²) in [5.41, 5.74) is 4.46. The van der Waals surface area contributed by atoms with E-state index in [9.17, 15) is 9.59 Å². The van der Waals surface area contributed by atoms with Gasteiger partial charge in [-0.25, -0.2) is 9.59 Å². The average molecular weight is 643 g/mol. The van der Waals surface area contributed by atoms with Crippen LogP contribution in [0.25, 0.3) is 11.0 Å². The Balaban J connectivity index is 0.940. The van der Waals surface area contributed by atoms with Gasteiger partial charge in [-0.2, -0.15) is 0 Å². The van der Waals surface area contributed by atoms with Crippen LogP contribution in [0, 0.1) is 46.3 Å². The van der Waals surface area contributed by atoms with Gasteiger partial charge >= 0.3 is 11.6 Å². The van der Waals surface area contributed by atoms with Gasteiger partial charge in [0, 0.05) is 23.4 Å². The number of fused-ring (bicyclic) bond motifs is 8. The molecule has 2 aromatic rings. The molecule has 5 aliphatic rings. The minimum Gasteiger partial charge on any atom is -0.482 e. The standard InChI is InChI=1S/C42H58O5/c1-26(2)8-6-9-27(3)28-12-17-36-35-15-13-29-22-31(18-21-42(29,5)37(35)19-20-41(36,4)24-28)46-39(43)25-45-30-14-16-33-32-10-7-11-34(32)40(44)47-38(33)23-30/h13-14,16,23,26-28,31,35-37H,6-12,15,17-22,24-25H2,1-5H3/t27-,28-,31+,35-,36+,37+,41+,42-/m0/s1. The fourth-order valence-electron chi connectivity index (χ4n) is 11.3. The highest BCUT2D eigenvalue weighted by Gasteiger charge is 2.56. The molecule has 3 fully saturated rings. The summed E-state index contributed by atoms with van der Waals surface area (Å²) in [4.78, 5) is 25.3. The molecule has 0 saturated heterocycles. The smallest absolute Gasteiger partial charge is 0.344 e. The molecule has 0 radical (unpaired) electrons. The number of hydrogen-bond donors (Lipinski definition) is 0. The zero-order valence-electron chi connectivity index (χ0n) is 29.7. The highest BCUT2D eigenvalue weighted by molar-refractivity contribution is 5.83. The molecule has 256 valence electrons. The summed E-state index contributed by atoms with van der Waals surface area (Å²) < 4.78 is 17.4. The molecule has 3 saturated carbocycles. The van der Waals surface area contributed by atoms with Crippen molar-refractivity contribution in [1.82, 2.24) is 0 Å². The fourth-order valence-corrected chi connectivity index (χ4v) is 11.3. The molecule has 8 atom stereocenters. The first-order chi connectivity index (χ1) is 22.5. The third kappa shape index (κ3) is 6.34. The maximum Gasteiger partial charge on any atom is 0.344 e. The minimum absolute atomic E-state index is 0.0827. The van der Waals surface area contributed by atoms with Crippen molar-refractivity contribution in [3.05, 3.63) is 51.4 Å². The van der Waals surface area contributed by atoms with Crippen molar-refractivity contribution >= 4 is 16.9 Å². The SMILES string of the molecule is CC(C)CCC[C@H](C)[C@H]1CC[C@@H]2[C@@H]3CC=C4C[C@H](OC(=O)COc5ccc6c7c(c(=O)oc6c5)CCC7)CC[C@]4(C)[C@@H]3CC[C@]2(C)C1. The van der Waals surface area contributed by atoms with Gasteiger partial charge in [0.05, 0.1) is 0 Å². The Morgan fingerprint density at radius 2 is 1.83 bits per heavy atom. The van der Waals surface area contributed by atoms with Gasteiger partial charge in [0.1, 0.15) is 17.4 Å². The molecule has 1 aromatic carbocycles. The summed E-state index contributed by atoms with van der Waals surface area (Å²) in [6, 6.07) is 5.54. The number of carbonyl (C=O) groups excluding carboxylic acids is 1. The third-order valence-corrected chi connectivity index (χ3v) is 14.0. The van der Waals surface area contributed by atoms with Crippen molar-refractivity contribution in [3.8, 4) is 5.75 Å². The van der Waals surface area contributed by atoms with Crippen LogP contribution >= 0.6 is 0 Å². The molecule has 0 unspecified atom stereocenters. The molecule has 0 N–H and O–H groups in total. The average Bonchev–Trinajstić information content (AvgIpc) is 3.54. The summed E-state index contributed by atoms with van der Waals surface area (Å²) in [5, 5.41) is 0.970. The molecule has 0 amide bonds. The second kappa shape index (κ2) is 13.0. The monoisotopic (exact) mass is 642 g/mol. The predicted octanol–water partition coefficient (Wildman–Crippen LogP) is 10.0. The van der Waals surface area contributed by atoms with Gasteiger partial charge in [-0.05, 0) is 135 Å². The summed E-state index contributed by atoms with van der Waals surface area (Å²) in [7, 11) is 0. The van der Waals surface area contributed by atoms with Crippen molar-refractivity contribution in [2.75, 3.05) is 6.61 Å². The van der Waals surface area contributed by atoms with E-state index in [2.05, 4.69) is 40.7 Å². The highest BCUT2D eigenvalue weighted by atomic mass is 16.6. The molecule has 5 nitrogen and oxygen atoms in total. The Morgan fingerprint density at radius 3 is 2.66 bits per heavy atom. The second-order valence-electron chi connectivity index (χ2n) is 17.3. The minimum atomic E-state index is -0.327. The van der Waals surface area contributed by atoms with Crippen LogP contribution in [-0.2, 0) is 22.4 Å². The largest absolute Gasteiger partial charge is 0.482 e. The van der Waals surface area contributed by atoms with Gasteiger partial charge in [-0.3, -0.25) is 0 Å². The molecule has 47 heavy (non-hydrogen) atoms. The molecule has 1 heterocycles. The molecule has 0 aliphatic heterocycles. The van der Waals surface area contributed by atoms with Gasteiger partial charge in [0.15, 0.2) is 6.61 Å². The number of aryl methyl sites for hydroxylation is 1. The lowest BCUT2D eigenvalue weighted by Gasteiger charge is -2.61. The quantitative estimate of drug-likeness (QED) is 0.155. The number of ether oxygens (including phenoxy) is 2. The van der Waals surface area contributed by atoms with E-state index in [0.717, 1.165) is 90.5 Å². The Hall–Kier alpha value is -2.56. The second-order valence-corrected chi connectivity index (χ2v) is 17.3. The van der Waals surface area contributed by atoms with Gasteiger partial charge in [0.2, 0.25) is 0 Å². The van der Waals surface area contributed by atoms with E-state index < -0.39 is 0 Å². The van der Waals surface area contributed by atoms with Gasteiger partial charge in [-0.15, -0.1) is 0 Å². The van der Waals surface area contributed by atoms with E-state index in [-0.39, 0.29) is 29.7 Å². The number of rotatable bonds is 9. The Bertz CT molecular complexity index is 1570. The van der Waals surface area contributed by atoms with Crippen LogP contribution in [0.2, 0.25) is 0 Å². The Labute approximate surface area is 282 Å². The van der Waals surface area contributed by atoms with Gasteiger partial charge < -0.3 is 13.9 Å². The van der Waals surface area contributed by atoms with Crippen molar-refractivity contribution in [2.24, 2.45) is 46.3 Å². The maximum absolute atomic E-state index is 12.9. The summed E-state index contributed by atoms with van der Waals surface area (Å²) >= 11 is 0. The lowest BCUT2D eigenvalue weighted by molar-refractivity contribution is -0.154. The molecular formula is C42H58O5. The first-order valence-electron chi connectivity index (χ1n) is 19.1. The molecule has 1 aromatic heterocycles. The normalized spacial score (nSPS) is 33.7. The summed E-state index contributed by atoms with van der Waals surface area (Å²) in [6.07, 6.45) is 20.4. The van der Waals surface area contributed by atoms with Crippen LogP contribution in [-0.4, -0.2) is 18.7 Å². The number of hydrogen-bond acceptors (Lipinski definition) is 5. The molecule has 7 rings (SSSR count). The fraction of sp³-hybridized carbons (Fsp3) is 0.714. The topological polar surface area (TPSA) is 65.7 Å². The lowest BCUT2D eigenvalue weighted by atomic mass is 9.44. The van der Waals surface area contributed by atoms with Crippen molar-refractivity contribution in [2.45, 2.75) is 137 Å². The molecule has 0 bridgehead atoms. The van der Waals surface area contributed by atoms with E-state index in [0.29, 0.717) is 16.7 Å².